The van der Waals surface area contributed by atoms with Crippen LogP contribution in [0, 0.1) is 10.1 Å². The molecule has 1 aliphatic heterocycles. The van der Waals surface area contributed by atoms with Gasteiger partial charge in [-0.3, -0.25) is 14.9 Å². The maximum atomic E-state index is 11.9. The number of hydrogen-bond donors (Lipinski definition) is 2. The number of nitrogens with one attached hydrogen (secondary N) is 2. The first kappa shape index (κ1) is 13.3. The summed E-state index contributed by atoms with van der Waals surface area (Å²) in [5.41, 5.74) is 0.228. The lowest BCUT2D eigenvalue weighted by Crippen LogP contribution is -2.35. The molecule has 1 aromatic carbocycles. The molecular formula is C12H15N3O4. The van der Waals surface area contributed by atoms with Crippen LogP contribution in [0.15, 0.2) is 18.2 Å². The molecule has 102 valence electrons. The molecule has 1 saturated heterocycles. The Bertz CT molecular complexity index is 498. The first-order valence-electron chi connectivity index (χ1n) is 5.98. The largest absolute Gasteiger partial charge is 0.490 e. The van der Waals surface area contributed by atoms with Crippen LogP contribution in [-0.4, -0.2) is 30.5 Å². The van der Waals surface area contributed by atoms with Crippen molar-refractivity contribution < 1.29 is 14.5 Å². The van der Waals surface area contributed by atoms with Gasteiger partial charge in [0.15, 0.2) is 5.75 Å². The number of nitro groups is 1. The fraction of sp³-hybridized carbons (Fsp3) is 0.417. The van der Waals surface area contributed by atoms with Crippen LogP contribution in [-0.2, 0) is 4.79 Å². The molecule has 1 unspecified atom stereocenters. The standard InChI is InChI=1S/C12H15N3O4/c1-19-11-5-4-8(7-10(11)15(17)18)14-12(16)9-3-2-6-13-9/h4-5,7,9,13H,2-3,6H2,1H3,(H,14,16). The van der Waals surface area contributed by atoms with Gasteiger partial charge < -0.3 is 15.4 Å². The molecular weight excluding hydrogens is 250 g/mol. The molecule has 1 fully saturated rings. The number of rotatable bonds is 4. The molecule has 2 rings (SSSR count). The average Bonchev–Trinajstić information content (AvgIpc) is 2.92. The molecule has 1 aromatic rings. The fourth-order valence-electron chi connectivity index (χ4n) is 2.05. The summed E-state index contributed by atoms with van der Waals surface area (Å²) in [6.45, 7) is 0.820. The Morgan fingerprint density at radius 3 is 2.95 bits per heavy atom. The Morgan fingerprint density at radius 2 is 2.37 bits per heavy atom. The second kappa shape index (κ2) is 5.66. The van der Waals surface area contributed by atoms with Crippen LogP contribution in [0.5, 0.6) is 5.75 Å². The van der Waals surface area contributed by atoms with Gasteiger partial charge in [-0.1, -0.05) is 0 Å². The van der Waals surface area contributed by atoms with E-state index in [1.165, 1.54) is 19.2 Å². The smallest absolute Gasteiger partial charge is 0.312 e. The lowest BCUT2D eigenvalue weighted by atomic mass is 10.2. The maximum Gasteiger partial charge on any atom is 0.312 e. The fourth-order valence-corrected chi connectivity index (χ4v) is 2.05. The normalized spacial score (nSPS) is 18.1. The first-order valence-corrected chi connectivity index (χ1v) is 5.98. The topological polar surface area (TPSA) is 93.5 Å². The van der Waals surface area contributed by atoms with Crippen LogP contribution in [0.2, 0.25) is 0 Å². The van der Waals surface area contributed by atoms with Crippen molar-refractivity contribution in [1.29, 1.82) is 0 Å². The number of ether oxygens (including phenoxy) is 1. The number of carbonyl (C=O) groups excluding carboxylic acids is 1. The van der Waals surface area contributed by atoms with Crippen molar-refractivity contribution in [2.75, 3.05) is 19.0 Å². The highest BCUT2D eigenvalue weighted by atomic mass is 16.6. The molecule has 0 bridgehead atoms. The lowest BCUT2D eigenvalue weighted by molar-refractivity contribution is -0.385. The van der Waals surface area contributed by atoms with E-state index in [0.717, 1.165) is 19.4 Å². The zero-order chi connectivity index (χ0) is 13.8. The zero-order valence-corrected chi connectivity index (χ0v) is 10.5. The van der Waals surface area contributed by atoms with E-state index >= 15 is 0 Å². The minimum absolute atomic E-state index is 0.167. The molecule has 7 nitrogen and oxygen atoms in total. The van der Waals surface area contributed by atoms with Gasteiger partial charge >= 0.3 is 5.69 Å². The molecule has 0 aliphatic carbocycles. The number of methoxy groups -OCH3 is 1. The number of nitrogens with zero attached hydrogens (tertiary/aromatic N) is 1. The van der Waals surface area contributed by atoms with E-state index in [0.29, 0.717) is 5.69 Å². The van der Waals surface area contributed by atoms with E-state index in [4.69, 9.17) is 4.74 Å². The van der Waals surface area contributed by atoms with E-state index in [2.05, 4.69) is 10.6 Å². The summed E-state index contributed by atoms with van der Waals surface area (Å²) in [5.74, 6) is -0.000967. The second-order valence-corrected chi connectivity index (χ2v) is 4.28. The van der Waals surface area contributed by atoms with Crippen LogP contribution in [0.3, 0.4) is 0 Å². The van der Waals surface area contributed by atoms with Crippen molar-refractivity contribution in [2.45, 2.75) is 18.9 Å². The van der Waals surface area contributed by atoms with Crippen molar-refractivity contribution >= 4 is 17.3 Å². The third kappa shape index (κ3) is 3.00. The Hall–Kier alpha value is -2.15. The first-order chi connectivity index (χ1) is 9.11. The van der Waals surface area contributed by atoms with Crippen LogP contribution >= 0.6 is 0 Å². The average molecular weight is 265 g/mol. The van der Waals surface area contributed by atoms with Gasteiger partial charge in [-0.05, 0) is 31.5 Å². The van der Waals surface area contributed by atoms with Crippen LogP contribution < -0.4 is 15.4 Å². The summed E-state index contributed by atoms with van der Waals surface area (Å²) in [6.07, 6.45) is 1.74. The molecule has 0 aromatic heterocycles. The summed E-state index contributed by atoms with van der Waals surface area (Å²) < 4.78 is 4.90. The Labute approximate surface area is 110 Å². The van der Waals surface area contributed by atoms with E-state index in [9.17, 15) is 14.9 Å². The quantitative estimate of drug-likeness (QED) is 0.632. The molecule has 0 saturated carbocycles. The van der Waals surface area contributed by atoms with E-state index in [-0.39, 0.29) is 23.4 Å². The highest BCUT2D eigenvalue weighted by Crippen LogP contribution is 2.29. The van der Waals surface area contributed by atoms with Crippen molar-refractivity contribution in [3.8, 4) is 5.75 Å². The van der Waals surface area contributed by atoms with Gasteiger partial charge in [-0.25, -0.2) is 0 Å². The number of benzene rings is 1. The van der Waals surface area contributed by atoms with Crippen LogP contribution in [0.1, 0.15) is 12.8 Å². The molecule has 7 heteroatoms. The maximum absolute atomic E-state index is 11.9. The molecule has 0 radical (unpaired) electrons. The molecule has 2 N–H and O–H groups in total. The van der Waals surface area contributed by atoms with Gasteiger partial charge in [0.25, 0.3) is 0 Å². The van der Waals surface area contributed by atoms with Gasteiger partial charge in [0, 0.05) is 11.8 Å². The number of amides is 1. The Morgan fingerprint density at radius 1 is 1.58 bits per heavy atom. The van der Waals surface area contributed by atoms with Crippen molar-refractivity contribution in [3.05, 3.63) is 28.3 Å². The van der Waals surface area contributed by atoms with Gasteiger partial charge in [0.2, 0.25) is 5.91 Å². The monoisotopic (exact) mass is 265 g/mol. The van der Waals surface area contributed by atoms with Gasteiger partial charge in [-0.2, -0.15) is 0 Å². The minimum atomic E-state index is -0.539. The summed E-state index contributed by atoms with van der Waals surface area (Å²) in [6, 6.07) is 4.13. The van der Waals surface area contributed by atoms with Gasteiger partial charge in [-0.15, -0.1) is 0 Å². The SMILES string of the molecule is COc1ccc(NC(=O)C2CCCN2)cc1[N+](=O)[O-]. The molecule has 0 spiro atoms. The summed E-state index contributed by atoms with van der Waals surface area (Å²) in [4.78, 5) is 22.2. The lowest BCUT2D eigenvalue weighted by Gasteiger charge is -2.11. The third-order valence-corrected chi connectivity index (χ3v) is 3.02. The molecule has 1 aliphatic rings. The number of hydrogen-bond acceptors (Lipinski definition) is 5. The highest BCUT2D eigenvalue weighted by molar-refractivity contribution is 5.95. The highest BCUT2D eigenvalue weighted by Gasteiger charge is 2.23. The van der Waals surface area contributed by atoms with E-state index in [1.54, 1.807) is 6.07 Å². The van der Waals surface area contributed by atoms with E-state index in [1.807, 2.05) is 0 Å². The predicted molar refractivity (Wildman–Crippen MR) is 69.3 cm³/mol. The minimum Gasteiger partial charge on any atom is -0.490 e. The molecule has 1 atom stereocenters. The Balaban J connectivity index is 2.14. The predicted octanol–water partition coefficient (Wildman–Crippen LogP) is 1.29. The summed E-state index contributed by atoms with van der Waals surface area (Å²) in [5, 5.41) is 16.6. The van der Waals surface area contributed by atoms with Crippen LogP contribution in [0.4, 0.5) is 11.4 Å². The second-order valence-electron chi connectivity index (χ2n) is 4.28. The van der Waals surface area contributed by atoms with Crippen molar-refractivity contribution in [1.82, 2.24) is 5.32 Å². The summed E-state index contributed by atoms with van der Waals surface area (Å²) >= 11 is 0. The van der Waals surface area contributed by atoms with Crippen molar-refractivity contribution in [2.24, 2.45) is 0 Å². The van der Waals surface area contributed by atoms with Gasteiger partial charge in [0.1, 0.15) is 0 Å². The van der Waals surface area contributed by atoms with E-state index < -0.39 is 4.92 Å². The van der Waals surface area contributed by atoms with Crippen molar-refractivity contribution in [3.63, 3.8) is 0 Å². The molecule has 19 heavy (non-hydrogen) atoms. The molecule has 1 amide bonds. The number of anilines is 1. The molecule has 1 heterocycles. The number of nitro benzene ring substituents is 1. The number of carbonyl (C=O) groups is 1. The zero-order valence-electron chi connectivity index (χ0n) is 10.5. The Kier molecular flexibility index (Phi) is 3.96. The van der Waals surface area contributed by atoms with Gasteiger partial charge in [0.05, 0.1) is 18.1 Å². The third-order valence-electron chi connectivity index (χ3n) is 3.02. The summed E-state index contributed by atoms with van der Waals surface area (Å²) in [7, 11) is 1.36. The van der Waals surface area contributed by atoms with Crippen LogP contribution in [0.25, 0.3) is 0 Å².